The number of rotatable bonds is 6. The number of likely N-dealkylation sites (tertiary alicyclic amines) is 1. The first-order valence-corrected chi connectivity index (χ1v) is 14.2. The minimum atomic E-state index is -4.65. The standard InChI is InChI=1S/C30H41F3N4O5/c1-28(2,3)24-14-25(37(35(24)7)17-21-9-8-12-40-21)34-26(38)22-13-20(30(31,32)33)10-11-23(22)41-18-19-15-36(16-19)27(39)42-29(4,5)6/h10-11,13-14,19,21H,8-9,12,15-18H2,1-7H3/t21-/m1/s1. The fourth-order valence-corrected chi connectivity index (χ4v) is 5.09. The second-order valence-corrected chi connectivity index (χ2v) is 13.1. The van der Waals surface area contributed by atoms with Crippen LogP contribution in [0.15, 0.2) is 29.3 Å². The Morgan fingerprint density at radius 1 is 1.07 bits per heavy atom. The van der Waals surface area contributed by atoms with Crippen molar-refractivity contribution in [2.24, 2.45) is 18.0 Å². The summed E-state index contributed by atoms with van der Waals surface area (Å²) in [7, 11) is 1.87. The summed E-state index contributed by atoms with van der Waals surface area (Å²) in [6.07, 6.45) is -3.32. The molecule has 3 heterocycles. The van der Waals surface area contributed by atoms with Crippen molar-refractivity contribution in [1.82, 2.24) is 14.3 Å². The zero-order valence-corrected chi connectivity index (χ0v) is 25.4. The average molecular weight is 595 g/mol. The molecule has 232 valence electrons. The smallest absolute Gasteiger partial charge is 0.416 e. The zero-order valence-electron chi connectivity index (χ0n) is 25.4. The number of ether oxygens (including phenoxy) is 3. The zero-order chi connectivity index (χ0) is 31.0. The largest absolute Gasteiger partial charge is 0.492 e. The predicted octanol–water partition coefficient (Wildman–Crippen LogP) is 5.31. The molecular formula is C30H41F3N4O5. The summed E-state index contributed by atoms with van der Waals surface area (Å²) in [5.41, 5.74) is -0.899. The highest BCUT2D eigenvalue weighted by molar-refractivity contribution is 5.97. The van der Waals surface area contributed by atoms with Crippen LogP contribution in [0.2, 0.25) is 0 Å². The van der Waals surface area contributed by atoms with E-state index in [4.69, 9.17) is 14.2 Å². The van der Waals surface area contributed by atoms with Crippen molar-refractivity contribution in [3.63, 3.8) is 0 Å². The van der Waals surface area contributed by atoms with Crippen LogP contribution in [0.1, 0.15) is 76.0 Å². The lowest BCUT2D eigenvalue weighted by atomic mass is 9.92. The van der Waals surface area contributed by atoms with Crippen molar-refractivity contribution >= 4 is 12.0 Å². The van der Waals surface area contributed by atoms with Crippen molar-refractivity contribution in [2.75, 3.05) is 26.3 Å². The highest BCUT2D eigenvalue weighted by atomic mass is 19.4. The molecule has 0 saturated carbocycles. The summed E-state index contributed by atoms with van der Waals surface area (Å²) >= 11 is 0. The number of alkyl halides is 3. The molecule has 0 N–H and O–H groups in total. The van der Waals surface area contributed by atoms with Gasteiger partial charge in [-0.3, -0.25) is 14.2 Å². The van der Waals surface area contributed by atoms with Crippen LogP contribution in [-0.2, 0) is 34.7 Å². The van der Waals surface area contributed by atoms with Crippen molar-refractivity contribution in [3.8, 4) is 5.75 Å². The highest BCUT2D eigenvalue weighted by Gasteiger charge is 2.35. The summed E-state index contributed by atoms with van der Waals surface area (Å²) in [6, 6.07) is 4.62. The van der Waals surface area contributed by atoms with Crippen molar-refractivity contribution in [3.05, 3.63) is 46.6 Å². The van der Waals surface area contributed by atoms with E-state index in [0.717, 1.165) is 36.7 Å². The van der Waals surface area contributed by atoms with Crippen LogP contribution >= 0.6 is 0 Å². The summed E-state index contributed by atoms with van der Waals surface area (Å²) in [5, 5.41) is 0. The summed E-state index contributed by atoms with van der Waals surface area (Å²) in [6.45, 7) is 13.4. The van der Waals surface area contributed by atoms with Crippen LogP contribution in [0.25, 0.3) is 0 Å². The lowest BCUT2D eigenvalue weighted by Gasteiger charge is -2.39. The number of carbonyl (C=O) groups excluding carboxylic acids is 2. The normalized spacial score (nSPS) is 18.8. The average Bonchev–Trinajstić information content (AvgIpc) is 3.45. The summed E-state index contributed by atoms with van der Waals surface area (Å²) in [4.78, 5) is 31.6. The Morgan fingerprint density at radius 3 is 2.33 bits per heavy atom. The Labute approximate surface area is 244 Å². The second-order valence-electron chi connectivity index (χ2n) is 13.1. The molecule has 9 nitrogen and oxygen atoms in total. The van der Waals surface area contributed by atoms with E-state index in [9.17, 15) is 22.8 Å². The van der Waals surface area contributed by atoms with Crippen molar-refractivity contribution in [1.29, 1.82) is 0 Å². The molecule has 1 atom stereocenters. The summed E-state index contributed by atoms with van der Waals surface area (Å²) < 4.78 is 61.7. The number of nitrogens with zero attached hydrogens (tertiary/aromatic N) is 4. The van der Waals surface area contributed by atoms with Gasteiger partial charge in [0.05, 0.1) is 30.4 Å². The number of benzene rings is 1. The molecule has 2 aliphatic rings. The van der Waals surface area contributed by atoms with Gasteiger partial charge in [0.2, 0.25) is 0 Å². The molecule has 2 amide bonds. The van der Waals surface area contributed by atoms with Gasteiger partial charge >= 0.3 is 12.3 Å². The first-order valence-electron chi connectivity index (χ1n) is 14.2. The molecule has 42 heavy (non-hydrogen) atoms. The van der Waals surface area contributed by atoms with Gasteiger partial charge in [-0.25, -0.2) is 4.79 Å². The van der Waals surface area contributed by atoms with Crippen LogP contribution in [0.4, 0.5) is 18.0 Å². The molecule has 2 aromatic rings. The van der Waals surface area contributed by atoms with Gasteiger partial charge < -0.3 is 19.1 Å². The first kappa shape index (κ1) is 31.7. The molecule has 2 fully saturated rings. The fraction of sp³-hybridized carbons (Fsp3) is 0.633. The molecule has 0 radical (unpaired) electrons. The van der Waals surface area contributed by atoms with Gasteiger partial charge in [-0.05, 0) is 51.8 Å². The Balaban J connectivity index is 1.60. The Hall–Kier alpha value is -3.28. The van der Waals surface area contributed by atoms with E-state index in [2.05, 4.69) is 4.99 Å². The topological polar surface area (TPSA) is 87.3 Å². The third-order valence-electron chi connectivity index (χ3n) is 7.25. The van der Waals surface area contributed by atoms with Crippen molar-refractivity contribution < 1.29 is 37.0 Å². The molecular weight excluding hydrogens is 553 g/mol. The Bertz CT molecular complexity index is 1370. The molecule has 2 aliphatic heterocycles. The number of hydrogen-bond acceptors (Lipinski definition) is 5. The molecule has 1 aromatic carbocycles. The second kappa shape index (κ2) is 11.8. The first-order chi connectivity index (χ1) is 19.4. The van der Waals surface area contributed by atoms with Gasteiger partial charge in [0.25, 0.3) is 5.91 Å². The monoisotopic (exact) mass is 594 g/mol. The third kappa shape index (κ3) is 7.56. The summed E-state index contributed by atoms with van der Waals surface area (Å²) in [5.74, 6) is -0.894. The van der Waals surface area contributed by atoms with E-state index in [1.807, 2.05) is 37.2 Å². The highest BCUT2D eigenvalue weighted by Crippen LogP contribution is 2.33. The number of halogens is 3. The molecule has 12 heteroatoms. The Kier molecular flexibility index (Phi) is 8.87. The minimum absolute atomic E-state index is 0.00474. The van der Waals surface area contributed by atoms with E-state index in [0.29, 0.717) is 31.7 Å². The van der Waals surface area contributed by atoms with Gasteiger partial charge in [-0.15, -0.1) is 0 Å². The maximum absolute atomic E-state index is 13.6. The maximum atomic E-state index is 13.6. The number of aromatic nitrogens is 2. The third-order valence-corrected chi connectivity index (χ3v) is 7.25. The fourth-order valence-electron chi connectivity index (χ4n) is 5.09. The Morgan fingerprint density at radius 2 is 1.76 bits per heavy atom. The van der Waals surface area contributed by atoms with Crippen molar-refractivity contribution in [2.45, 2.75) is 84.2 Å². The van der Waals surface area contributed by atoms with E-state index >= 15 is 0 Å². The van der Waals surface area contributed by atoms with Crippen LogP contribution in [0.5, 0.6) is 5.75 Å². The lowest BCUT2D eigenvalue weighted by molar-refractivity contribution is -0.137. The van der Waals surface area contributed by atoms with Crippen LogP contribution in [-0.4, -0.2) is 64.3 Å². The SMILES string of the molecule is Cn1c(C(C)(C)C)cc(=NC(=O)c2cc(C(F)(F)F)ccc2OCC2CN(C(=O)OC(C)(C)C)C2)n1C[C@H]1CCCO1. The maximum Gasteiger partial charge on any atom is 0.416 e. The predicted molar refractivity (Wildman–Crippen MR) is 149 cm³/mol. The molecule has 0 unspecified atom stereocenters. The van der Waals surface area contributed by atoms with E-state index < -0.39 is 29.3 Å². The molecule has 4 rings (SSSR count). The lowest BCUT2D eigenvalue weighted by Crippen LogP contribution is -2.53. The van der Waals surface area contributed by atoms with Gasteiger partial charge in [0.15, 0.2) is 5.49 Å². The molecule has 2 saturated heterocycles. The minimum Gasteiger partial charge on any atom is -0.492 e. The van der Waals surface area contributed by atoms with E-state index in [1.54, 1.807) is 26.8 Å². The van der Waals surface area contributed by atoms with E-state index in [1.165, 1.54) is 4.90 Å². The number of amides is 2. The molecule has 0 bridgehead atoms. The molecule has 0 spiro atoms. The number of hydrogen-bond donors (Lipinski definition) is 0. The van der Waals surface area contributed by atoms with Gasteiger partial charge in [0, 0.05) is 49.8 Å². The van der Waals surface area contributed by atoms with Crippen LogP contribution in [0, 0.1) is 5.92 Å². The quantitative estimate of drug-likeness (QED) is 0.453. The molecule has 1 aromatic heterocycles. The van der Waals surface area contributed by atoms with E-state index in [-0.39, 0.29) is 35.4 Å². The van der Waals surface area contributed by atoms with Gasteiger partial charge in [0.1, 0.15) is 11.4 Å². The number of carbonyl (C=O) groups is 2. The van der Waals surface area contributed by atoms with Crippen LogP contribution in [0.3, 0.4) is 0 Å². The van der Waals surface area contributed by atoms with Gasteiger partial charge in [-0.1, -0.05) is 20.8 Å². The van der Waals surface area contributed by atoms with Crippen LogP contribution < -0.4 is 10.2 Å². The molecule has 0 aliphatic carbocycles. The van der Waals surface area contributed by atoms with Gasteiger partial charge in [-0.2, -0.15) is 18.2 Å².